The number of rotatable bonds is 13. The van der Waals surface area contributed by atoms with E-state index in [1.807, 2.05) is 0 Å². The highest BCUT2D eigenvalue weighted by atomic mass is 16.7. The molecule has 0 fully saturated rings. The molecule has 134 valence electrons. The van der Waals surface area contributed by atoms with Crippen molar-refractivity contribution in [2.45, 2.75) is 61.4 Å². The highest BCUT2D eigenvalue weighted by Crippen LogP contribution is 2.28. The summed E-state index contributed by atoms with van der Waals surface area (Å²) in [7, 11) is 0. The van der Waals surface area contributed by atoms with E-state index in [1.165, 1.54) is 0 Å². The van der Waals surface area contributed by atoms with Crippen molar-refractivity contribution in [2.75, 3.05) is 52.4 Å². The van der Waals surface area contributed by atoms with Crippen molar-refractivity contribution < 1.29 is 4.84 Å². The van der Waals surface area contributed by atoms with Gasteiger partial charge in [-0.1, -0.05) is 55.4 Å². The van der Waals surface area contributed by atoms with Crippen molar-refractivity contribution in [3.8, 4) is 0 Å². The first-order chi connectivity index (χ1) is 10.6. The molecule has 0 bridgehead atoms. The maximum Gasteiger partial charge on any atom is 0.260 e. The van der Waals surface area contributed by atoms with Crippen molar-refractivity contribution in [2.24, 2.45) is 0 Å². The number of hydrogen-bond acceptors (Lipinski definition) is 5. The summed E-state index contributed by atoms with van der Waals surface area (Å²) in [5, 5.41) is 2.08. The number of hydroxylamine groups is 2. The lowest BCUT2D eigenvalue weighted by atomic mass is 10.3. The molecule has 5 heteroatoms. The van der Waals surface area contributed by atoms with Gasteiger partial charge in [0, 0.05) is 52.4 Å². The van der Waals surface area contributed by atoms with Crippen LogP contribution in [-0.2, 0) is 4.84 Å². The van der Waals surface area contributed by atoms with Crippen LogP contribution in [-0.4, -0.2) is 78.1 Å². The minimum Gasteiger partial charge on any atom is -0.248 e. The molecule has 0 radical (unpaired) electrons. The maximum atomic E-state index is 6.68. The molecule has 0 aromatic carbocycles. The first-order valence-corrected chi connectivity index (χ1v) is 9.24. The minimum absolute atomic E-state index is 0.497. The molecule has 0 aliphatic heterocycles. The Morgan fingerprint density at radius 1 is 0.500 bits per heavy atom. The summed E-state index contributed by atoms with van der Waals surface area (Å²) in [5.74, 6) is -0.497. The van der Waals surface area contributed by atoms with Crippen LogP contribution in [0.15, 0.2) is 0 Å². The van der Waals surface area contributed by atoms with Gasteiger partial charge >= 0.3 is 0 Å². The highest BCUT2D eigenvalue weighted by molar-refractivity contribution is 4.81. The van der Waals surface area contributed by atoms with Crippen molar-refractivity contribution >= 4 is 0 Å². The Hall–Kier alpha value is -0.200. The Labute approximate surface area is 139 Å². The van der Waals surface area contributed by atoms with Crippen LogP contribution in [0.25, 0.3) is 0 Å². The fourth-order valence-electron chi connectivity index (χ4n) is 3.21. The molecule has 0 aromatic heterocycles. The van der Waals surface area contributed by atoms with E-state index < -0.39 is 5.97 Å². The quantitative estimate of drug-likeness (QED) is 0.384. The van der Waals surface area contributed by atoms with Crippen LogP contribution < -0.4 is 0 Å². The summed E-state index contributed by atoms with van der Waals surface area (Å²) in [6.07, 6.45) is 0. The molecule has 0 N–H and O–H groups in total. The van der Waals surface area contributed by atoms with E-state index in [-0.39, 0.29) is 0 Å². The van der Waals surface area contributed by atoms with E-state index in [9.17, 15) is 0 Å². The van der Waals surface area contributed by atoms with E-state index in [2.05, 4.69) is 75.2 Å². The summed E-state index contributed by atoms with van der Waals surface area (Å²) in [6, 6.07) is 0. The van der Waals surface area contributed by atoms with E-state index in [0.29, 0.717) is 0 Å². The van der Waals surface area contributed by atoms with Crippen molar-refractivity contribution in [1.29, 1.82) is 0 Å². The lowest BCUT2D eigenvalue weighted by Crippen LogP contribution is -2.72. The number of nitrogens with zero attached hydrogens (tertiary/aromatic N) is 4. The fourth-order valence-corrected chi connectivity index (χ4v) is 3.21. The zero-order chi connectivity index (χ0) is 17.2. The molecular formula is C17H40N4O. The molecule has 0 saturated heterocycles. The highest BCUT2D eigenvalue weighted by Gasteiger charge is 2.47. The van der Waals surface area contributed by atoms with Crippen LogP contribution in [0.1, 0.15) is 55.4 Å². The first-order valence-electron chi connectivity index (χ1n) is 9.24. The predicted octanol–water partition coefficient (Wildman–Crippen LogP) is 2.90. The lowest BCUT2D eigenvalue weighted by molar-refractivity contribution is -0.406. The average molecular weight is 317 g/mol. The molecule has 0 unspecified atom stereocenters. The second-order valence-corrected chi connectivity index (χ2v) is 5.30. The molecule has 22 heavy (non-hydrogen) atoms. The van der Waals surface area contributed by atoms with Gasteiger partial charge in [0.15, 0.2) is 0 Å². The second-order valence-electron chi connectivity index (χ2n) is 5.30. The van der Waals surface area contributed by atoms with E-state index in [4.69, 9.17) is 4.84 Å². The first kappa shape index (κ1) is 21.8. The predicted molar refractivity (Wildman–Crippen MR) is 95.5 cm³/mol. The summed E-state index contributed by atoms with van der Waals surface area (Å²) in [6.45, 7) is 25.2. The van der Waals surface area contributed by atoms with Crippen LogP contribution >= 0.6 is 0 Å². The minimum atomic E-state index is -0.497. The van der Waals surface area contributed by atoms with Crippen molar-refractivity contribution in [3.05, 3.63) is 0 Å². The van der Waals surface area contributed by atoms with Crippen molar-refractivity contribution in [3.63, 3.8) is 0 Å². The zero-order valence-electron chi connectivity index (χ0n) is 16.4. The summed E-state index contributed by atoms with van der Waals surface area (Å²) in [4.78, 5) is 14.0. The molecular weight excluding hydrogens is 276 g/mol. The van der Waals surface area contributed by atoms with Gasteiger partial charge in [-0.25, -0.2) is 19.5 Å². The molecule has 0 rings (SSSR count). The van der Waals surface area contributed by atoms with E-state index in [0.717, 1.165) is 52.4 Å². The molecule has 0 saturated carbocycles. The third-order valence-corrected chi connectivity index (χ3v) is 4.48. The molecule has 0 spiro atoms. The van der Waals surface area contributed by atoms with E-state index >= 15 is 0 Å². The summed E-state index contributed by atoms with van der Waals surface area (Å²) < 4.78 is 0. The van der Waals surface area contributed by atoms with Crippen LogP contribution in [0.4, 0.5) is 0 Å². The van der Waals surface area contributed by atoms with Gasteiger partial charge in [0.1, 0.15) is 0 Å². The van der Waals surface area contributed by atoms with Gasteiger partial charge in [-0.3, -0.25) is 0 Å². The third-order valence-electron chi connectivity index (χ3n) is 4.48. The third kappa shape index (κ3) is 4.65. The molecule has 5 nitrogen and oxygen atoms in total. The Balaban J connectivity index is 5.98. The maximum absolute atomic E-state index is 6.68. The van der Waals surface area contributed by atoms with Gasteiger partial charge in [0.2, 0.25) is 0 Å². The fraction of sp³-hybridized carbons (Fsp3) is 1.00. The largest absolute Gasteiger partial charge is 0.260 e. The zero-order valence-corrected chi connectivity index (χ0v) is 16.4. The molecule has 0 aliphatic rings. The molecule has 0 aliphatic carbocycles. The van der Waals surface area contributed by atoms with Gasteiger partial charge in [-0.2, -0.15) is 5.06 Å². The molecule has 0 atom stereocenters. The van der Waals surface area contributed by atoms with Gasteiger partial charge in [0.05, 0.1) is 0 Å². The second kappa shape index (κ2) is 11.4. The van der Waals surface area contributed by atoms with Gasteiger partial charge in [-0.15, -0.1) is 0 Å². The normalized spacial score (nSPS) is 13.1. The average Bonchev–Trinajstić information content (AvgIpc) is 2.55. The SMILES string of the molecule is CCN(CC)OC(N(CC)CC)(N(CC)CC)N(CC)CC. The lowest BCUT2D eigenvalue weighted by Gasteiger charge is -2.55. The molecule has 0 heterocycles. The van der Waals surface area contributed by atoms with Crippen LogP contribution in [0, 0.1) is 0 Å². The smallest absolute Gasteiger partial charge is 0.248 e. The Morgan fingerprint density at radius 3 is 0.955 bits per heavy atom. The molecule has 0 amide bonds. The Morgan fingerprint density at radius 2 is 0.773 bits per heavy atom. The van der Waals surface area contributed by atoms with E-state index in [1.54, 1.807) is 0 Å². The van der Waals surface area contributed by atoms with Gasteiger partial charge < -0.3 is 0 Å². The van der Waals surface area contributed by atoms with Crippen LogP contribution in [0.5, 0.6) is 0 Å². The number of hydrogen-bond donors (Lipinski definition) is 0. The van der Waals surface area contributed by atoms with Crippen LogP contribution in [0.3, 0.4) is 0 Å². The standard InChI is InChI=1S/C17H40N4O/c1-9-18(10-2)17(19(11-3)12-4,20(13-5)14-6)22-21(15-7)16-8/h9-16H2,1-8H3. The molecule has 0 aromatic rings. The summed E-state index contributed by atoms with van der Waals surface area (Å²) >= 11 is 0. The monoisotopic (exact) mass is 316 g/mol. The van der Waals surface area contributed by atoms with Crippen molar-refractivity contribution in [1.82, 2.24) is 19.8 Å². The Bertz CT molecular complexity index is 228. The van der Waals surface area contributed by atoms with Crippen LogP contribution in [0.2, 0.25) is 0 Å². The van der Waals surface area contributed by atoms with Gasteiger partial charge in [-0.05, 0) is 0 Å². The topological polar surface area (TPSA) is 22.2 Å². The summed E-state index contributed by atoms with van der Waals surface area (Å²) in [5.41, 5.74) is 0. The van der Waals surface area contributed by atoms with Gasteiger partial charge in [0.25, 0.3) is 5.97 Å². The Kier molecular flexibility index (Phi) is 11.3.